The first-order valence-corrected chi connectivity index (χ1v) is 10.8. The van der Waals surface area contributed by atoms with E-state index in [-0.39, 0.29) is 12.4 Å². The fourth-order valence-electron chi connectivity index (χ4n) is 6.20. The number of fused-ring (bicyclic) bond motifs is 1. The van der Waals surface area contributed by atoms with Crippen molar-refractivity contribution in [2.24, 2.45) is 0 Å². The van der Waals surface area contributed by atoms with Crippen molar-refractivity contribution in [3.8, 4) is 11.5 Å². The molecular weight excluding hydrogens is 382 g/mol. The van der Waals surface area contributed by atoms with Crippen LogP contribution in [0.3, 0.4) is 0 Å². The van der Waals surface area contributed by atoms with E-state index < -0.39 is 0 Å². The van der Waals surface area contributed by atoms with Gasteiger partial charge in [0.05, 0.1) is 14.2 Å². The Labute approximate surface area is 180 Å². The van der Waals surface area contributed by atoms with Crippen LogP contribution >= 0.6 is 12.4 Å². The van der Waals surface area contributed by atoms with Crippen LogP contribution in [0.25, 0.3) is 0 Å². The molecule has 0 N–H and O–H groups in total. The largest absolute Gasteiger partial charge is 0.493 e. The molecule has 1 aliphatic heterocycles. The van der Waals surface area contributed by atoms with Crippen molar-refractivity contribution in [1.82, 2.24) is 4.90 Å². The van der Waals surface area contributed by atoms with Crippen LogP contribution < -0.4 is 9.47 Å². The maximum Gasteiger partial charge on any atom is 0.164 e. The first kappa shape index (κ1) is 20.6. The first-order chi connectivity index (χ1) is 13.8. The van der Waals surface area contributed by atoms with Gasteiger partial charge in [0, 0.05) is 24.7 Å². The minimum atomic E-state index is 0. The van der Waals surface area contributed by atoms with Gasteiger partial charge in [-0.25, -0.2) is 0 Å². The highest BCUT2D eigenvalue weighted by Gasteiger charge is 2.47. The minimum Gasteiger partial charge on any atom is -0.493 e. The summed E-state index contributed by atoms with van der Waals surface area (Å²) in [6.07, 6.45) is 8.92. The predicted octanol–water partition coefficient (Wildman–Crippen LogP) is 5.83. The number of hydrogen-bond donors (Lipinski definition) is 0. The van der Waals surface area contributed by atoms with Crippen LogP contribution in [0.2, 0.25) is 0 Å². The van der Waals surface area contributed by atoms with Crippen LogP contribution in [0, 0.1) is 0 Å². The zero-order chi connectivity index (χ0) is 19.1. The Bertz CT molecular complexity index is 861. The van der Waals surface area contributed by atoms with Crippen molar-refractivity contribution in [2.75, 3.05) is 20.8 Å². The zero-order valence-corrected chi connectivity index (χ0v) is 18.4. The summed E-state index contributed by atoms with van der Waals surface area (Å²) in [6, 6.07) is 13.7. The Kier molecular flexibility index (Phi) is 5.81. The molecule has 1 unspecified atom stereocenters. The first-order valence-electron chi connectivity index (χ1n) is 10.8. The molecule has 156 valence electrons. The monoisotopic (exact) mass is 413 g/mol. The van der Waals surface area contributed by atoms with Crippen LogP contribution in [-0.4, -0.2) is 25.7 Å². The quantitative estimate of drug-likeness (QED) is 0.629. The van der Waals surface area contributed by atoms with Gasteiger partial charge in [-0.3, -0.25) is 4.90 Å². The van der Waals surface area contributed by atoms with E-state index >= 15 is 0 Å². The number of benzene rings is 2. The molecule has 4 heteroatoms. The van der Waals surface area contributed by atoms with E-state index in [1.807, 2.05) is 7.11 Å². The third-order valence-electron chi connectivity index (χ3n) is 7.45. The summed E-state index contributed by atoms with van der Waals surface area (Å²) in [4.78, 5) is 2.70. The molecule has 0 bridgehead atoms. The highest BCUT2D eigenvalue weighted by Crippen LogP contribution is 2.59. The van der Waals surface area contributed by atoms with Gasteiger partial charge in [0.25, 0.3) is 0 Å². The molecule has 3 aliphatic rings. The van der Waals surface area contributed by atoms with Crippen LogP contribution in [0.1, 0.15) is 66.8 Å². The molecule has 2 aromatic carbocycles. The van der Waals surface area contributed by atoms with E-state index in [2.05, 4.69) is 41.3 Å². The number of methoxy groups -OCH3 is 2. The summed E-state index contributed by atoms with van der Waals surface area (Å²) in [5.74, 6) is 1.94. The van der Waals surface area contributed by atoms with Gasteiger partial charge in [0.15, 0.2) is 11.5 Å². The number of hydrogen-bond acceptors (Lipinski definition) is 3. The van der Waals surface area contributed by atoms with E-state index in [0.29, 0.717) is 11.5 Å². The molecule has 29 heavy (non-hydrogen) atoms. The lowest BCUT2D eigenvalue weighted by Crippen LogP contribution is -2.42. The maximum absolute atomic E-state index is 6.00. The van der Waals surface area contributed by atoms with Crippen molar-refractivity contribution in [1.29, 1.82) is 0 Å². The van der Waals surface area contributed by atoms with E-state index in [4.69, 9.17) is 9.47 Å². The molecule has 1 fully saturated rings. The lowest BCUT2D eigenvalue weighted by atomic mass is 9.64. The van der Waals surface area contributed by atoms with Gasteiger partial charge in [-0.05, 0) is 60.3 Å². The molecule has 2 aromatic rings. The standard InChI is InChI=1S/C25H31NO2.ClH/c1-27-21-16-19-11-15-26(17-18-8-4-3-5-9-18)20-10-14-25(12-6-7-13-25)23(22(19)20)24(21)28-2;/h3-5,8-9,16,20H,6-7,10-15,17H2,1-2H3;1H. The summed E-state index contributed by atoms with van der Waals surface area (Å²) in [5.41, 5.74) is 6.28. The van der Waals surface area contributed by atoms with Crippen LogP contribution in [0.15, 0.2) is 36.4 Å². The Balaban J connectivity index is 0.00000205. The van der Waals surface area contributed by atoms with Gasteiger partial charge in [0.1, 0.15) is 0 Å². The van der Waals surface area contributed by atoms with E-state index in [0.717, 1.165) is 31.0 Å². The van der Waals surface area contributed by atoms with Gasteiger partial charge in [-0.2, -0.15) is 0 Å². The number of nitrogens with zero attached hydrogens (tertiary/aromatic N) is 1. The Hall–Kier alpha value is -1.71. The maximum atomic E-state index is 6.00. The lowest BCUT2D eigenvalue weighted by Gasteiger charge is -2.48. The third-order valence-corrected chi connectivity index (χ3v) is 7.45. The van der Waals surface area contributed by atoms with Crippen molar-refractivity contribution in [2.45, 2.75) is 62.9 Å². The molecule has 1 spiro atoms. The van der Waals surface area contributed by atoms with Gasteiger partial charge >= 0.3 is 0 Å². The number of ether oxygens (including phenoxy) is 2. The van der Waals surface area contributed by atoms with Crippen molar-refractivity contribution < 1.29 is 9.47 Å². The topological polar surface area (TPSA) is 21.7 Å². The summed E-state index contributed by atoms with van der Waals surface area (Å²) in [7, 11) is 3.60. The molecule has 1 atom stereocenters. The van der Waals surface area contributed by atoms with Gasteiger partial charge in [0.2, 0.25) is 0 Å². The summed E-state index contributed by atoms with van der Waals surface area (Å²) < 4.78 is 11.8. The van der Waals surface area contributed by atoms with Gasteiger partial charge in [-0.15, -0.1) is 12.4 Å². The molecule has 0 radical (unpaired) electrons. The molecule has 3 nitrogen and oxygen atoms in total. The van der Waals surface area contributed by atoms with E-state index in [1.165, 1.54) is 55.2 Å². The molecule has 2 aliphatic carbocycles. The van der Waals surface area contributed by atoms with Gasteiger partial charge < -0.3 is 9.47 Å². The molecule has 1 heterocycles. The average molecular weight is 414 g/mol. The fraction of sp³-hybridized carbons (Fsp3) is 0.520. The minimum absolute atomic E-state index is 0. The van der Waals surface area contributed by atoms with Crippen LogP contribution in [-0.2, 0) is 18.4 Å². The van der Waals surface area contributed by atoms with Crippen molar-refractivity contribution >= 4 is 12.4 Å². The third kappa shape index (κ3) is 3.33. The van der Waals surface area contributed by atoms with E-state index in [9.17, 15) is 0 Å². The zero-order valence-electron chi connectivity index (χ0n) is 17.6. The summed E-state index contributed by atoms with van der Waals surface area (Å²) >= 11 is 0. The molecule has 0 saturated heterocycles. The number of halogens is 1. The predicted molar refractivity (Wildman–Crippen MR) is 119 cm³/mol. The van der Waals surface area contributed by atoms with Crippen molar-refractivity contribution in [3.05, 3.63) is 58.7 Å². The van der Waals surface area contributed by atoms with Crippen LogP contribution in [0.5, 0.6) is 11.5 Å². The second-order valence-corrected chi connectivity index (χ2v) is 8.81. The Morgan fingerprint density at radius 3 is 2.48 bits per heavy atom. The average Bonchev–Trinajstić information content (AvgIpc) is 3.21. The second kappa shape index (κ2) is 8.20. The summed E-state index contributed by atoms with van der Waals surface area (Å²) in [5, 5.41) is 0. The highest BCUT2D eigenvalue weighted by molar-refractivity contribution is 5.85. The van der Waals surface area contributed by atoms with Crippen LogP contribution in [0.4, 0.5) is 0 Å². The Morgan fingerprint density at radius 2 is 1.79 bits per heavy atom. The van der Waals surface area contributed by atoms with Crippen molar-refractivity contribution in [3.63, 3.8) is 0 Å². The molecular formula is C25H32ClNO2. The fourth-order valence-corrected chi connectivity index (χ4v) is 6.20. The second-order valence-electron chi connectivity index (χ2n) is 8.81. The smallest absolute Gasteiger partial charge is 0.164 e. The molecule has 0 amide bonds. The SMILES string of the molecule is COc1cc2c3c(c1OC)C1(CCCC1)CCC3N(Cc1ccccc1)CC2.Cl. The van der Waals surface area contributed by atoms with E-state index in [1.54, 1.807) is 12.7 Å². The molecule has 1 saturated carbocycles. The van der Waals surface area contributed by atoms with Gasteiger partial charge in [-0.1, -0.05) is 43.2 Å². The number of rotatable bonds is 4. The molecule has 5 rings (SSSR count). The highest BCUT2D eigenvalue weighted by atomic mass is 35.5. The summed E-state index contributed by atoms with van der Waals surface area (Å²) in [6.45, 7) is 2.15. The molecule has 0 aromatic heterocycles. The normalized spacial score (nSPS) is 22.1. The lowest BCUT2D eigenvalue weighted by molar-refractivity contribution is 0.136. The Morgan fingerprint density at radius 1 is 1.03 bits per heavy atom.